The summed E-state index contributed by atoms with van der Waals surface area (Å²) in [7, 11) is 1.31. The van der Waals surface area contributed by atoms with E-state index < -0.39 is 23.2 Å². The molecule has 1 amide bonds. The SMILES string of the molecule is COc1ncc(-c2cc(C(F)(F)F)c3c(N)ncnn23)cc1C(=O)Nc1cnn(C(C)c2ccc(F)cc2)c1. The number of alkyl halides is 3. The van der Waals surface area contributed by atoms with Gasteiger partial charge < -0.3 is 15.8 Å². The monoisotopic (exact) mass is 540 g/mol. The van der Waals surface area contributed by atoms with Crippen molar-refractivity contribution < 1.29 is 27.1 Å². The van der Waals surface area contributed by atoms with Gasteiger partial charge in [-0.3, -0.25) is 9.48 Å². The summed E-state index contributed by atoms with van der Waals surface area (Å²) >= 11 is 0. The lowest BCUT2D eigenvalue weighted by molar-refractivity contribution is -0.136. The summed E-state index contributed by atoms with van der Waals surface area (Å²) < 4.78 is 62.3. The summed E-state index contributed by atoms with van der Waals surface area (Å²) in [6.07, 6.45) is 0.579. The molecule has 0 aliphatic heterocycles. The first-order valence-electron chi connectivity index (χ1n) is 11.4. The molecule has 4 heterocycles. The molecule has 3 N–H and O–H groups in total. The van der Waals surface area contributed by atoms with Crippen molar-refractivity contribution in [2.75, 3.05) is 18.2 Å². The third kappa shape index (κ3) is 4.83. The number of nitrogens with one attached hydrogen (secondary N) is 1. The minimum Gasteiger partial charge on any atom is -0.480 e. The van der Waals surface area contributed by atoms with Crippen LogP contribution in [0.5, 0.6) is 5.88 Å². The summed E-state index contributed by atoms with van der Waals surface area (Å²) in [5.41, 5.74) is 5.54. The minimum atomic E-state index is -4.73. The number of rotatable bonds is 6. The summed E-state index contributed by atoms with van der Waals surface area (Å²) in [5, 5.41) is 10.9. The fourth-order valence-electron chi connectivity index (χ4n) is 4.11. The number of methoxy groups -OCH3 is 1. The number of nitrogens with zero attached hydrogens (tertiary/aromatic N) is 6. The second-order valence-corrected chi connectivity index (χ2v) is 8.52. The summed E-state index contributed by atoms with van der Waals surface area (Å²) in [6, 6.07) is 7.91. The molecule has 1 aromatic carbocycles. The van der Waals surface area contributed by atoms with Crippen molar-refractivity contribution in [1.29, 1.82) is 0 Å². The van der Waals surface area contributed by atoms with Gasteiger partial charge in [0.05, 0.1) is 36.3 Å². The number of hydrogen-bond donors (Lipinski definition) is 2. The predicted molar refractivity (Wildman–Crippen MR) is 133 cm³/mol. The molecule has 0 aliphatic rings. The number of carbonyl (C=O) groups excluding carboxylic acids is 1. The van der Waals surface area contributed by atoms with E-state index in [1.165, 1.54) is 37.7 Å². The van der Waals surface area contributed by atoms with Crippen molar-refractivity contribution in [2.24, 2.45) is 0 Å². The Balaban J connectivity index is 1.47. The van der Waals surface area contributed by atoms with E-state index in [1.54, 1.807) is 23.0 Å². The number of carbonyl (C=O) groups is 1. The molecular formula is C25H20F4N8O2. The third-order valence-electron chi connectivity index (χ3n) is 6.08. The quantitative estimate of drug-likeness (QED) is 0.302. The molecule has 10 nitrogen and oxygen atoms in total. The van der Waals surface area contributed by atoms with Crippen molar-refractivity contribution in [3.8, 4) is 17.1 Å². The maximum Gasteiger partial charge on any atom is 0.418 e. The van der Waals surface area contributed by atoms with Gasteiger partial charge in [-0.1, -0.05) is 12.1 Å². The molecule has 1 atom stereocenters. The van der Waals surface area contributed by atoms with E-state index >= 15 is 0 Å². The maximum absolute atomic E-state index is 13.7. The van der Waals surface area contributed by atoms with Gasteiger partial charge in [0.2, 0.25) is 5.88 Å². The molecule has 1 unspecified atom stereocenters. The molecule has 39 heavy (non-hydrogen) atoms. The third-order valence-corrected chi connectivity index (χ3v) is 6.08. The Hall–Kier alpha value is -5.01. The van der Waals surface area contributed by atoms with Gasteiger partial charge in [0.1, 0.15) is 23.2 Å². The van der Waals surface area contributed by atoms with Crippen molar-refractivity contribution in [3.63, 3.8) is 0 Å². The van der Waals surface area contributed by atoms with Crippen LogP contribution < -0.4 is 15.8 Å². The van der Waals surface area contributed by atoms with E-state index in [9.17, 15) is 22.4 Å². The molecule has 0 aliphatic carbocycles. The van der Waals surface area contributed by atoms with Crippen LogP contribution >= 0.6 is 0 Å². The number of hydrogen-bond acceptors (Lipinski definition) is 7. The highest BCUT2D eigenvalue weighted by atomic mass is 19.4. The lowest BCUT2D eigenvalue weighted by Gasteiger charge is -2.12. The average molecular weight is 540 g/mol. The van der Waals surface area contributed by atoms with Crippen LogP contribution in [-0.2, 0) is 6.18 Å². The summed E-state index contributed by atoms with van der Waals surface area (Å²) in [6.45, 7) is 1.86. The number of fused-ring (bicyclic) bond motifs is 1. The Bertz CT molecular complexity index is 1680. The van der Waals surface area contributed by atoms with Crippen molar-refractivity contribution in [2.45, 2.75) is 19.1 Å². The minimum absolute atomic E-state index is 0.00318. The topological polar surface area (TPSA) is 125 Å². The number of pyridine rings is 1. The van der Waals surface area contributed by atoms with E-state index in [4.69, 9.17) is 10.5 Å². The van der Waals surface area contributed by atoms with Gasteiger partial charge >= 0.3 is 6.18 Å². The normalized spacial score (nSPS) is 12.5. The number of aromatic nitrogens is 6. The number of halogens is 4. The zero-order valence-corrected chi connectivity index (χ0v) is 20.4. The number of ether oxygens (including phenoxy) is 1. The zero-order chi connectivity index (χ0) is 27.9. The number of benzene rings is 1. The van der Waals surface area contributed by atoms with Gasteiger partial charge in [-0.05, 0) is 36.8 Å². The van der Waals surface area contributed by atoms with Crippen LogP contribution in [-0.4, -0.2) is 42.4 Å². The number of amides is 1. The van der Waals surface area contributed by atoms with Crippen LogP contribution in [0.2, 0.25) is 0 Å². The Morgan fingerprint density at radius 2 is 1.85 bits per heavy atom. The molecule has 5 aromatic rings. The molecule has 0 radical (unpaired) electrons. The molecule has 0 saturated heterocycles. The van der Waals surface area contributed by atoms with Gasteiger partial charge in [-0.15, -0.1) is 0 Å². The number of nitrogens with two attached hydrogens (primary N) is 1. The van der Waals surface area contributed by atoms with Crippen LogP contribution in [0, 0.1) is 5.82 Å². The first kappa shape index (κ1) is 25.6. The zero-order valence-electron chi connectivity index (χ0n) is 20.4. The van der Waals surface area contributed by atoms with E-state index in [0.29, 0.717) is 5.69 Å². The lowest BCUT2D eigenvalue weighted by Crippen LogP contribution is -2.14. The van der Waals surface area contributed by atoms with Crippen molar-refractivity contribution >= 4 is 22.9 Å². The van der Waals surface area contributed by atoms with E-state index in [1.807, 2.05) is 6.92 Å². The highest BCUT2D eigenvalue weighted by Crippen LogP contribution is 2.39. The molecule has 14 heteroatoms. The molecule has 4 aromatic heterocycles. The highest BCUT2D eigenvalue weighted by Gasteiger charge is 2.36. The fraction of sp³-hybridized carbons (Fsp3) is 0.160. The Morgan fingerprint density at radius 3 is 2.54 bits per heavy atom. The molecular weight excluding hydrogens is 520 g/mol. The van der Waals surface area contributed by atoms with E-state index in [-0.39, 0.29) is 40.4 Å². The fourth-order valence-corrected chi connectivity index (χ4v) is 4.11. The Kier molecular flexibility index (Phi) is 6.38. The first-order chi connectivity index (χ1) is 18.6. The highest BCUT2D eigenvalue weighted by molar-refractivity contribution is 6.06. The smallest absolute Gasteiger partial charge is 0.418 e. The molecule has 0 bridgehead atoms. The lowest BCUT2D eigenvalue weighted by atomic mass is 10.1. The van der Waals surface area contributed by atoms with Crippen LogP contribution in [0.1, 0.15) is 34.5 Å². The van der Waals surface area contributed by atoms with Crippen molar-refractivity contribution in [3.05, 3.63) is 83.8 Å². The van der Waals surface area contributed by atoms with Crippen LogP contribution in [0.3, 0.4) is 0 Å². The van der Waals surface area contributed by atoms with Crippen LogP contribution in [0.15, 0.2) is 61.3 Å². The van der Waals surface area contributed by atoms with Gasteiger partial charge in [0.15, 0.2) is 5.82 Å². The second kappa shape index (κ2) is 9.70. The molecule has 5 rings (SSSR count). The first-order valence-corrected chi connectivity index (χ1v) is 11.4. The Labute approximate surface area is 218 Å². The van der Waals surface area contributed by atoms with Crippen LogP contribution in [0.25, 0.3) is 16.8 Å². The van der Waals surface area contributed by atoms with Gasteiger partial charge in [0, 0.05) is 18.0 Å². The predicted octanol–water partition coefficient (Wildman–Crippen LogP) is 4.60. The van der Waals surface area contributed by atoms with Gasteiger partial charge in [-0.2, -0.15) is 23.4 Å². The maximum atomic E-state index is 13.7. The van der Waals surface area contributed by atoms with Crippen molar-refractivity contribution in [1.82, 2.24) is 29.4 Å². The number of nitrogen functional groups attached to an aromatic ring is 1. The average Bonchev–Trinajstić information content (AvgIpc) is 3.54. The number of anilines is 2. The largest absolute Gasteiger partial charge is 0.480 e. The second-order valence-electron chi connectivity index (χ2n) is 8.52. The van der Waals surface area contributed by atoms with E-state index in [0.717, 1.165) is 22.5 Å². The standard InChI is InChI=1S/C25H20F4N8O2/c1-13(14-3-5-16(26)6-4-14)36-11-17(10-33-36)35-23(38)18-7-15(9-31-24(18)39-2)20-8-19(25(27,28)29)21-22(30)32-12-34-37(20)21/h3-13H,1-2H3,(H,35,38)(H2,30,32,34). The Morgan fingerprint density at radius 1 is 1.10 bits per heavy atom. The molecule has 200 valence electrons. The summed E-state index contributed by atoms with van der Waals surface area (Å²) in [5.74, 6) is -1.40. The summed E-state index contributed by atoms with van der Waals surface area (Å²) in [4.78, 5) is 21.0. The van der Waals surface area contributed by atoms with E-state index in [2.05, 4.69) is 25.5 Å². The molecule has 0 saturated carbocycles. The molecule has 0 fully saturated rings. The van der Waals surface area contributed by atoms with Crippen LogP contribution in [0.4, 0.5) is 29.1 Å². The molecule has 0 spiro atoms. The van der Waals surface area contributed by atoms with Gasteiger partial charge in [-0.25, -0.2) is 18.9 Å². The van der Waals surface area contributed by atoms with Gasteiger partial charge in [0.25, 0.3) is 5.91 Å².